The molecular weight excluding hydrogens is 540 g/mol. The maximum atomic E-state index is 12.5. The highest BCUT2D eigenvalue weighted by molar-refractivity contribution is 5.81. The third-order valence-corrected chi connectivity index (χ3v) is 7.20. The molecule has 4 N–H and O–H groups in total. The third-order valence-electron chi connectivity index (χ3n) is 7.20. The second-order valence-corrected chi connectivity index (χ2v) is 11.7. The number of carbonyl (C=O) groups excluding carboxylic acids is 3. The molecule has 226 valence electrons. The number of hydrogen-bond acceptors (Lipinski definition) is 7. The lowest BCUT2D eigenvalue weighted by atomic mass is 9.98. The smallest absolute Gasteiger partial charge is 0.407 e. The van der Waals surface area contributed by atoms with Gasteiger partial charge in [-0.15, -0.1) is 0 Å². The summed E-state index contributed by atoms with van der Waals surface area (Å²) in [5.41, 5.74) is 3.85. The number of urea groups is 1. The molecule has 11 nitrogen and oxygen atoms in total. The lowest BCUT2D eigenvalue weighted by Gasteiger charge is -2.39. The van der Waals surface area contributed by atoms with Crippen LogP contribution in [0.15, 0.2) is 48.5 Å². The van der Waals surface area contributed by atoms with Crippen LogP contribution in [0, 0.1) is 0 Å². The van der Waals surface area contributed by atoms with Gasteiger partial charge < -0.3 is 30.5 Å². The van der Waals surface area contributed by atoms with Gasteiger partial charge in [-0.2, -0.15) is 0 Å². The first kappa shape index (κ1) is 30.8. The number of alkyl carbamates (subject to hydrolysis) is 1. The molecule has 0 saturated carbocycles. The molecule has 2 aromatic rings. The number of amides is 3. The molecule has 3 amide bonds. The number of aliphatic carboxylic acids is 1. The van der Waals surface area contributed by atoms with Crippen LogP contribution in [0.5, 0.6) is 0 Å². The van der Waals surface area contributed by atoms with Crippen LogP contribution in [-0.4, -0.2) is 84.5 Å². The molecule has 1 saturated heterocycles. The van der Waals surface area contributed by atoms with Crippen LogP contribution in [0.1, 0.15) is 57.1 Å². The minimum absolute atomic E-state index is 0.0507. The van der Waals surface area contributed by atoms with E-state index in [2.05, 4.69) is 16.0 Å². The van der Waals surface area contributed by atoms with E-state index in [1.165, 1.54) is 0 Å². The topological polar surface area (TPSA) is 146 Å². The number of likely N-dealkylation sites (tertiary alicyclic amines) is 1. The van der Waals surface area contributed by atoms with Gasteiger partial charge in [-0.3, -0.25) is 9.69 Å². The average Bonchev–Trinajstić information content (AvgIpc) is 3.22. The van der Waals surface area contributed by atoms with Crippen LogP contribution in [0.3, 0.4) is 0 Å². The van der Waals surface area contributed by atoms with Gasteiger partial charge in [-0.25, -0.2) is 14.4 Å². The molecule has 1 aliphatic carbocycles. The van der Waals surface area contributed by atoms with Crippen molar-refractivity contribution in [1.29, 1.82) is 0 Å². The van der Waals surface area contributed by atoms with Gasteiger partial charge in [0.2, 0.25) is 0 Å². The summed E-state index contributed by atoms with van der Waals surface area (Å²) in [6, 6.07) is 14.5. The van der Waals surface area contributed by atoms with Gasteiger partial charge in [0, 0.05) is 25.6 Å². The molecule has 2 aliphatic rings. The summed E-state index contributed by atoms with van der Waals surface area (Å²) in [6.45, 7) is 7.23. The lowest BCUT2D eigenvalue weighted by molar-refractivity contribution is -0.157. The Morgan fingerprint density at radius 1 is 0.976 bits per heavy atom. The molecule has 42 heavy (non-hydrogen) atoms. The van der Waals surface area contributed by atoms with E-state index in [0.29, 0.717) is 32.5 Å². The van der Waals surface area contributed by atoms with E-state index in [1.54, 1.807) is 0 Å². The molecule has 1 heterocycles. The van der Waals surface area contributed by atoms with Gasteiger partial charge in [0.25, 0.3) is 0 Å². The van der Waals surface area contributed by atoms with Gasteiger partial charge in [0.15, 0.2) is 0 Å². The Balaban J connectivity index is 1.11. The van der Waals surface area contributed by atoms with Crippen molar-refractivity contribution in [3.05, 3.63) is 59.7 Å². The van der Waals surface area contributed by atoms with Crippen LogP contribution in [0.4, 0.5) is 9.59 Å². The summed E-state index contributed by atoms with van der Waals surface area (Å²) >= 11 is 0. The number of rotatable bonds is 12. The molecule has 0 spiro atoms. The summed E-state index contributed by atoms with van der Waals surface area (Å²) < 4.78 is 10.8. The molecule has 0 radical (unpaired) electrons. The summed E-state index contributed by atoms with van der Waals surface area (Å²) in [5.74, 6) is -1.55. The number of nitrogens with zero attached hydrogens (tertiary/aromatic N) is 1. The maximum absolute atomic E-state index is 12.5. The Labute approximate surface area is 245 Å². The molecule has 2 aromatic carbocycles. The average molecular weight is 581 g/mol. The number of hydrogen-bond donors (Lipinski definition) is 4. The minimum atomic E-state index is -1.14. The zero-order valence-electron chi connectivity index (χ0n) is 24.4. The van der Waals surface area contributed by atoms with Crippen LogP contribution >= 0.6 is 0 Å². The van der Waals surface area contributed by atoms with Crippen LogP contribution < -0.4 is 16.0 Å². The van der Waals surface area contributed by atoms with Crippen LogP contribution in [-0.2, 0) is 19.1 Å². The van der Waals surface area contributed by atoms with Gasteiger partial charge in [-0.05, 0) is 62.3 Å². The second kappa shape index (κ2) is 13.7. The molecule has 1 aliphatic heterocycles. The number of fused-ring (bicyclic) bond motifs is 3. The van der Waals surface area contributed by atoms with Crippen LogP contribution in [0.25, 0.3) is 11.1 Å². The number of nitrogens with one attached hydrogen (secondary N) is 3. The Morgan fingerprint density at radius 3 is 2.19 bits per heavy atom. The predicted octanol–water partition coefficient (Wildman–Crippen LogP) is 3.47. The molecule has 1 atom stereocenters. The molecule has 4 rings (SSSR count). The first-order valence-corrected chi connectivity index (χ1v) is 14.3. The molecular formula is C31H40N4O7. The van der Waals surface area contributed by atoms with E-state index in [9.17, 15) is 24.3 Å². The third kappa shape index (κ3) is 8.45. The Bertz CT molecular complexity index is 1240. The fraction of sp³-hybridized carbons (Fsp3) is 0.484. The number of unbranched alkanes of at least 4 members (excludes halogenated alkanes) is 1. The van der Waals surface area contributed by atoms with Gasteiger partial charge >= 0.3 is 24.1 Å². The van der Waals surface area contributed by atoms with Crippen molar-refractivity contribution in [3.8, 4) is 11.1 Å². The molecule has 0 bridgehead atoms. The van der Waals surface area contributed by atoms with Gasteiger partial charge in [0.05, 0.1) is 12.6 Å². The Kier molecular flexibility index (Phi) is 10.1. The van der Waals surface area contributed by atoms with E-state index < -0.39 is 23.7 Å². The zero-order chi connectivity index (χ0) is 30.3. The quantitative estimate of drug-likeness (QED) is 0.221. The van der Waals surface area contributed by atoms with Crippen molar-refractivity contribution in [1.82, 2.24) is 20.9 Å². The second-order valence-electron chi connectivity index (χ2n) is 11.7. The van der Waals surface area contributed by atoms with E-state index in [1.807, 2.05) is 74.2 Å². The number of carboxylic acids is 1. The van der Waals surface area contributed by atoms with Crippen molar-refractivity contribution in [2.45, 2.75) is 63.6 Å². The largest absolute Gasteiger partial charge is 0.480 e. The number of esters is 1. The van der Waals surface area contributed by atoms with E-state index in [0.717, 1.165) is 22.3 Å². The standard InChI is InChI=1S/C31H40N4O7/c1-31(2,3)42-27(36)18-35-16-20(17-35)33-29(39)32-15-9-8-14-26(28(37)38)34-30(40)41-19-25-23-12-6-4-10-21(23)22-11-5-7-13-24(22)25/h4-7,10-13,20,25-26H,8-9,14-19H2,1-3H3,(H,34,40)(H,37,38)(H2,32,33,39). The predicted molar refractivity (Wildman–Crippen MR) is 156 cm³/mol. The number of carbonyl (C=O) groups is 4. The first-order valence-electron chi connectivity index (χ1n) is 14.3. The fourth-order valence-electron chi connectivity index (χ4n) is 5.30. The number of carboxylic acid groups (broad SMARTS) is 1. The number of ether oxygens (including phenoxy) is 2. The highest BCUT2D eigenvalue weighted by Gasteiger charge is 2.31. The SMILES string of the molecule is CC(C)(C)OC(=O)CN1CC(NC(=O)NCCCCC(NC(=O)OCC2c3ccccc3-c3ccccc32)C(=O)O)C1. The van der Waals surface area contributed by atoms with Gasteiger partial charge in [0.1, 0.15) is 18.2 Å². The van der Waals surface area contributed by atoms with E-state index in [4.69, 9.17) is 9.47 Å². The first-order chi connectivity index (χ1) is 20.0. The fourth-order valence-corrected chi connectivity index (χ4v) is 5.30. The van der Waals surface area contributed by atoms with E-state index >= 15 is 0 Å². The molecule has 11 heteroatoms. The highest BCUT2D eigenvalue weighted by Crippen LogP contribution is 2.44. The maximum Gasteiger partial charge on any atom is 0.407 e. The van der Waals surface area contributed by atoms with Gasteiger partial charge in [-0.1, -0.05) is 48.5 Å². The summed E-state index contributed by atoms with van der Waals surface area (Å²) in [7, 11) is 0. The van der Waals surface area contributed by atoms with E-state index in [-0.39, 0.29) is 43.5 Å². The highest BCUT2D eigenvalue weighted by atomic mass is 16.6. The van der Waals surface area contributed by atoms with Crippen molar-refractivity contribution < 1.29 is 33.8 Å². The van der Waals surface area contributed by atoms with Crippen molar-refractivity contribution in [2.75, 3.05) is 32.8 Å². The Hall–Kier alpha value is -4.12. The van der Waals surface area contributed by atoms with Crippen molar-refractivity contribution in [3.63, 3.8) is 0 Å². The molecule has 1 unspecified atom stereocenters. The lowest BCUT2D eigenvalue weighted by Crippen LogP contribution is -2.61. The number of benzene rings is 2. The van der Waals surface area contributed by atoms with Crippen molar-refractivity contribution in [2.24, 2.45) is 0 Å². The summed E-state index contributed by atoms with van der Waals surface area (Å²) in [4.78, 5) is 50.2. The molecule has 1 fully saturated rings. The normalized spacial score (nSPS) is 15.5. The monoisotopic (exact) mass is 580 g/mol. The zero-order valence-corrected chi connectivity index (χ0v) is 24.4. The Morgan fingerprint density at radius 2 is 1.60 bits per heavy atom. The minimum Gasteiger partial charge on any atom is -0.480 e. The summed E-state index contributed by atoms with van der Waals surface area (Å²) in [6.07, 6.45) is 0.445. The molecule has 0 aromatic heterocycles. The van der Waals surface area contributed by atoms with Crippen molar-refractivity contribution >= 4 is 24.1 Å². The summed E-state index contributed by atoms with van der Waals surface area (Å²) in [5, 5.41) is 17.7. The van der Waals surface area contributed by atoms with Crippen LogP contribution in [0.2, 0.25) is 0 Å².